The van der Waals surface area contributed by atoms with Crippen molar-refractivity contribution in [3.05, 3.63) is 76.0 Å². The van der Waals surface area contributed by atoms with Gasteiger partial charge in [0.2, 0.25) is 0 Å². The zero-order chi connectivity index (χ0) is 20.5. The van der Waals surface area contributed by atoms with Crippen molar-refractivity contribution in [1.82, 2.24) is 4.90 Å². The Morgan fingerprint density at radius 1 is 1.03 bits per heavy atom. The largest absolute Gasteiger partial charge is 0.462 e. The van der Waals surface area contributed by atoms with Crippen molar-refractivity contribution in [1.29, 1.82) is 0 Å². The summed E-state index contributed by atoms with van der Waals surface area (Å²) in [4.78, 5) is 40.5. The summed E-state index contributed by atoms with van der Waals surface area (Å²) in [5, 5.41) is -0.0798. The molecule has 148 valence electrons. The fourth-order valence-electron chi connectivity index (χ4n) is 3.65. The van der Waals surface area contributed by atoms with E-state index in [4.69, 9.17) is 16.3 Å². The number of imide groups is 1. The molecule has 0 atom stereocenters. The van der Waals surface area contributed by atoms with E-state index < -0.39 is 17.8 Å². The van der Waals surface area contributed by atoms with Crippen molar-refractivity contribution in [2.24, 2.45) is 0 Å². The van der Waals surface area contributed by atoms with Gasteiger partial charge in [-0.15, -0.1) is 0 Å². The standard InChI is InChI=1S/C22H19ClN2O4/c1-2-29-22(28)15-7-9-17(10-8-15)25-20(26)18(23)19(21(25)27)24-12-11-14-5-3-4-6-16(14)13-24/h3-10H,2,11-13H2,1H3. The summed E-state index contributed by atoms with van der Waals surface area (Å²) in [6, 6.07) is 14.2. The molecule has 0 spiro atoms. The predicted molar refractivity (Wildman–Crippen MR) is 108 cm³/mol. The molecule has 0 aliphatic carbocycles. The number of hydrogen-bond acceptors (Lipinski definition) is 5. The molecule has 0 unspecified atom stereocenters. The first-order valence-corrected chi connectivity index (χ1v) is 9.76. The Balaban J connectivity index is 1.58. The number of amides is 2. The lowest BCUT2D eigenvalue weighted by molar-refractivity contribution is -0.121. The molecule has 2 heterocycles. The van der Waals surface area contributed by atoms with Gasteiger partial charge in [-0.05, 0) is 48.7 Å². The first kappa shape index (κ1) is 19.2. The summed E-state index contributed by atoms with van der Waals surface area (Å²) < 4.78 is 4.96. The van der Waals surface area contributed by atoms with Gasteiger partial charge in [-0.2, -0.15) is 0 Å². The van der Waals surface area contributed by atoms with Gasteiger partial charge < -0.3 is 9.64 Å². The zero-order valence-corrected chi connectivity index (χ0v) is 16.6. The highest BCUT2D eigenvalue weighted by atomic mass is 35.5. The Morgan fingerprint density at radius 2 is 1.72 bits per heavy atom. The highest BCUT2D eigenvalue weighted by Gasteiger charge is 2.41. The number of nitrogens with zero attached hydrogens (tertiary/aromatic N) is 2. The normalized spacial score (nSPS) is 16.3. The summed E-state index contributed by atoms with van der Waals surface area (Å²) in [5.74, 6) is -1.47. The van der Waals surface area contributed by atoms with Gasteiger partial charge in [-0.1, -0.05) is 35.9 Å². The second kappa shape index (κ2) is 7.72. The quantitative estimate of drug-likeness (QED) is 0.571. The highest BCUT2D eigenvalue weighted by Crippen LogP contribution is 2.33. The van der Waals surface area contributed by atoms with Crippen molar-refractivity contribution in [2.45, 2.75) is 19.9 Å². The van der Waals surface area contributed by atoms with Crippen LogP contribution in [0.15, 0.2) is 59.3 Å². The molecule has 0 fully saturated rings. The third-order valence-electron chi connectivity index (χ3n) is 5.09. The van der Waals surface area contributed by atoms with Gasteiger partial charge in [0.25, 0.3) is 11.8 Å². The van der Waals surface area contributed by atoms with E-state index in [2.05, 4.69) is 6.07 Å². The van der Waals surface area contributed by atoms with E-state index in [0.717, 1.165) is 16.9 Å². The van der Waals surface area contributed by atoms with Crippen LogP contribution in [0.1, 0.15) is 28.4 Å². The lowest BCUT2D eigenvalue weighted by Crippen LogP contribution is -2.37. The molecule has 0 saturated heterocycles. The minimum absolute atomic E-state index is 0.0798. The van der Waals surface area contributed by atoms with Crippen LogP contribution in [-0.4, -0.2) is 35.8 Å². The van der Waals surface area contributed by atoms with E-state index in [1.807, 2.05) is 23.1 Å². The van der Waals surface area contributed by atoms with Crippen LogP contribution >= 0.6 is 11.6 Å². The van der Waals surface area contributed by atoms with Crippen molar-refractivity contribution in [3.63, 3.8) is 0 Å². The lowest BCUT2D eigenvalue weighted by Gasteiger charge is -2.31. The third kappa shape index (κ3) is 3.40. The van der Waals surface area contributed by atoms with Gasteiger partial charge in [0, 0.05) is 13.1 Å². The van der Waals surface area contributed by atoms with Gasteiger partial charge in [-0.3, -0.25) is 9.59 Å². The number of esters is 1. The summed E-state index contributed by atoms with van der Waals surface area (Å²) in [5.41, 5.74) is 3.29. The first-order valence-electron chi connectivity index (χ1n) is 9.38. The van der Waals surface area contributed by atoms with Crippen LogP contribution < -0.4 is 4.90 Å². The molecule has 0 bridgehead atoms. The van der Waals surface area contributed by atoms with E-state index in [9.17, 15) is 14.4 Å². The average Bonchev–Trinajstić information content (AvgIpc) is 2.96. The van der Waals surface area contributed by atoms with Crippen molar-refractivity contribution < 1.29 is 19.1 Å². The maximum atomic E-state index is 13.1. The number of benzene rings is 2. The average molecular weight is 411 g/mol. The van der Waals surface area contributed by atoms with Crippen LogP contribution in [0.2, 0.25) is 0 Å². The van der Waals surface area contributed by atoms with Gasteiger partial charge in [0.1, 0.15) is 10.7 Å². The summed E-state index contributed by atoms with van der Waals surface area (Å²) in [6.45, 7) is 3.13. The molecule has 0 radical (unpaired) electrons. The molecule has 7 heteroatoms. The van der Waals surface area contributed by atoms with Crippen LogP contribution in [0.5, 0.6) is 0 Å². The van der Waals surface area contributed by atoms with E-state index in [-0.39, 0.29) is 17.3 Å². The van der Waals surface area contributed by atoms with Crippen LogP contribution in [-0.2, 0) is 27.3 Å². The van der Waals surface area contributed by atoms with E-state index >= 15 is 0 Å². The smallest absolute Gasteiger partial charge is 0.338 e. The molecule has 6 nitrogen and oxygen atoms in total. The SMILES string of the molecule is CCOC(=O)c1ccc(N2C(=O)C(Cl)=C(N3CCc4ccccc4C3)C2=O)cc1. The highest BCUT2D eigenvalue weighted by molar-refractivity contribution is 6.52. The number of hydrogen-bond donors (Lipinski definition) is 0. The Hall–Kier alpha value is -3.12. The molecule has 0 saturated carbocycles. The van der Waals surface area contributed by atoms with E-state index in [1.54, 1.807) is 19.1 Å². The topological polar surface area (TPSA) is 66.9 Å². The number of ether oxygens (including phenoxy) is 1. The van der Waals surface area contributed by atoms with Crippen LogP contribution in [0.3, 0.4) is 0 Å². The zero-order valence-electron chi connectivity index (χ0n) is 15.9. The van der Waals surface area contributed by atoms with Crippen molar-refractivity contribution in [3.8, 4) is 0 Å². The van der Waals surface area contributed by atoms with Gasteiger partial charge in [0.15, 0.2) is 0 Å². The van der Waals surface area contributed by atoms with Gasteiger partial charge in [0.05, 0.1) is 17.9 Å². The first-order chi connectivity index (χ1) is 14.0. The molecule has 4 rings (SSSR count). The van der Waals surface area contributed by atoms with Crippen molar-refractivity contribution in [2.75, 3.05) is 18.1 Å². The second-order valence-electron chi connectivity index (χ2n) is 6.82. The number of rotatable bonds is 4. The molecule has 0 N–H and O–H groups in total. The predicted octanol–water partition coefficient (Wildman–Crippen LogP) is 3.25. The fraction of sp³-hybridized carbons (Fsp3) is 0.227. The Kier molecular flexibility index (Phi) is 5.11. The third-order valence-corrected chi connectivity index (χ3v) is 5.43. The molecule has 2 aromatic carbocycles. The molecule has 2 amide bonds. The minimum Gasteiger partial charge on any atom is -0.462 e. The van der Waals surface area contributed by atoms with Gasteiger partial charge >= 0.3 is 5.97 Å². The maximum Gasteiger partial charge on any atom is 0.338 e. The Morgan fingerprint density at radius 3 is 2.41 bits per heavy atom. The molecular weight excluding hydrogens is 392 g/mol. The number of anilines is 1. The van der Waals surface area contributed by atoms with Gasteiger partial charge in [-0.25, -0.2) is 9.69 Å². The Bertz CT molecular complexity index is 1030. The summed E-state index contributed by atoms with van der Waals surface area (Å²) in [7, 11) is 0. The number of fused-ring (bicyclic) bond motifs is 1. The molecule has 2 aliphatic heterocycles. The maximum absolute atomic E-state index is 13.1. The molecule has 0 aromatic heterocycles. The second-order valence-corrected chi connectivity index (χ2v) is 7.19. The Labute approximate surface area is 173 Å². The molecule has 29 heavy (non-hydrogen) atoms. The summed E-state index contributed by atoms with van der Waals surface area (Å²) in [6.07, 6.45) is 0.777. The molecular formula is C22H19ClN2O4. The van der Waals surface area contributed by atoms with Crippen molar-refractivity contribution >= 4 is 35.1 Å². The number of halogens is 1. The molecule has 2 aromatic rings. The van der Waals surface area contributed by atoms with E-state index in [1.165, 1.54) is 17.7 Å². The molecule has 2 aliphatic rings. The van der Waals surface area contributed by atoms with E-state index in [0.29, 0.717) is 24.3 Å². The summed E-state index contributed by atoms with van der Waals surface area (Å²) >= 11 is 6.30. The number of carbonyl (C=O) groups excluding carboxylic acids is 3. The minimum atomic E-state index is -0.561. The monoisotopic (exact) mass is 410 g/mol. The lowest BCUT2D eigenvalue weighted by atomic mass is 9.99. The fourth-order valence-corrected chi connectivity index (χ4v) is 3.93. The van der Waals surface area contributed by atoms with Crippen LogP contribution in [0, 0.1) is 0 Å². The van der Waals surface area contributed by atoms with Crippen LogP contribution in [0.25, 0.3) is 0 Å². The number of carbonyl (C=O) groups is 3. The van der Waals surface area contributed by atoms with Crippen LogP contribution in [0.4, 0.5) is 5.69 Å².